The molecule has 5 rings (SSSR count). The van der Waals surface area contributed by atoms with Crippen molar-refractivity contribution in [2.45, 2.75) is 32.6 Å². The van der Waals surface area contributed by atoms with Gasteiger partial charge in [-0.1, -0.05) is 60.2 Å². The minimum atomic E-state index is 0.0286. The van der Waals surface area contributed by atoms with E-state index in [4.69, 9.17) is 30.5 Å². The number of hydrogen-bond donors (Lipinski definition) is 1. The summed E-state index contributed by atoms with van der Waals surface area (Å²) in [4.78, 5) is 4.13. The number of hydrogen-bond acceptors (Lipinski definition) is 6. The lowest BCUT2D eigenvalue weighted by Crippen LogP contribution is -2.28. The van der Waals surface area contributed by atoms with Crippen LogP contribution in [-0.2, 0) is 19.6 Å². The summed E-state index contributed by atoms with van der Waals surface area (Å²) < 4.78 is 23.6. The van der Waals surface area contributed by atoms with Crippen molar-refractivity contribution in [1.29, 1.82) is 0 Å². The standard InChI is InChI=1S/C33H33ClN2O4/c1-22-16-29(37-2)31(40-21-26-10-7-14-36-33(26)34)17-24(22)11-12-28-27-19-30(38-3)32(18-25(27)13-15-35-28)39-20-23-8-5-4-6-9-23/h4-12,14,16-19,28,35H,13,15,20-21H2,1-3H3/b12-11+. The van der Waals surface area contributed by atoms with Gasteiger partial charge in [-0.05, 0) is 71.5 Å². The minimum Gasteiger partial charge on any atom is -0.493 e. The van der Waals surface area contributed by atoms with E-state index in [1.54, 1.807) is 20.4 Å². The normalized spacial score (nSPS) is 14.6. The molecule has 0 amide bonds. The monoisotopic (exact) mass is 556 g/mol. The van der Waals surface area contributed by atoms with Gasteiger partial charge in [0.15, 0.2) is 23.0 Å². The van der Waals surface area contributed by atoms with Gasteiger partial charge in [-0.25, -0.2) is 4.98 Å². The van der Waals surface area contributed by atoms with Gasteiger partial charge >= 0.3 is 0 Å². The average Bonchev–Trinajstić information content (AvgIpc) is 2.99. The topological polar surface area (TPSA) is 61.8 Å². The SMILES string of the molecule is COc1cc2c(cc1OCc1ccccc1)CCNC2/C=C/c1cc(OCc2cccnc2Cl)c(OC)cc1C. The van der Waals surface area contributed by atoms with Crippen molar-refractivity contribution in [1.82, 2.24) is 10.3 Å². The zero-order chi connectivity index (χ0) is 27.9. The van der Waals surface area contributed by atoms with Crippen LogP contribution in [0, 0.1) is 6.92 Å². The highest BCUT2D eigenvalue weighted by Crippen LogP contribution is 2.37. The van der Waals surface area contributed by atoms with Crippen molar-refractivity contribution in [3.05, 3.63) is 118 Å². The van der Waals surface area contributed by atoms with Crippen molar-refractivity contribution < 1.29 is 18.9 Å². The van der Waals surface area contributed by atoms with Crippen LogP contribution in [0.1, 0.15) is 39.4 Å². The summed E-state index contributed by atoms with van der Waals surface area (Å²) in [5.74, 6) is 2.80. The number of benzene rings is 3. The first-order chi connectivity index (χ1) is 19.6. The predicted octanol–water partition coefficient (Wildman–Crippen LogP) is 7.12. The first-order valence-electron chi connectivity index (χ1n) is 13.3. The van der Waals surface area contributed by atoms with Crippen LogP contribution in [0.25, 0.3) is 6.08 Å². The Labute approximate surface area is 240 Å². The number of rotatable bonds is 10. The largest absolute Gasteiger partial charge is 0.493 e. The molecule has 1 aliphatic rings. The Morgan fingerprint density at radius 1 is 0.900 bits per heavy atom. The number of aromatic nitrogens is 1. The smallest absolute Gasteiger partial charge is 0.162 e. The number of pyridine rings is 1. The van der Waals surface area contributed by atoms with Gasteiger partial charge in [0.1, 0.15) is 18.4 Å². The van der Waals surface area contributed by atoms with Crippen LogP contribution in [0.2, 0.25) is 5.15 Å². The quantitative estimate of drug-likeness (QED) is 0.210. The van der Waals surface area contributed by atoms with Crippen molar-refractivity contribution in [2.24, 2.45) is 0 Å². The maximum Gasteiger partial charge on any atom is 0.162 e. The zero-order valence-electron chi connectivity index (χ0n) is 22.9. The van der Waals surface area contributed by atoms with Gasteiger partial charge in [-0.2, -0.15) is 0 Å². The van der Waals surface area contributed by atoms with E-state index in [0.29, 0.717) is 29.9 Å². The molecule has 0 saturated heterocycles. The van der Waals surface area contributed by atoms with Gasteiger partial charge in [0, 0.05) is 18.3 Å². The molecule has 0 saturated carbocycles. The fraction of sp³-hybridized carbons (Fsp3) is 0.242. The Kier molecular flexibility index (Phi) is 8.89. The van der Waals surface area contributed by atoms with Crippen molar-refractivity contribution in [2.75, 3.05) is 20.8 Å². The highest BCUT2D eigenvalue weighted by atomic mass is 35.5. The minimum absolute atomic E-state index is 0.0286. The lowest BCUT2D eigenvalue weighted by Gasteiger charge is -2.26. The first kappa shape index (κ1) is 27.6. The maximum atomic E-state index is 6.22. The lowest BCUT2D eigenvalue weighted by molar-refractivity contribution is 0.283. The van der Waals surface area contributed by atoms with E-state index < -0.39 is 0 Å². The Morgan fingerprint density at radius 2 is 1.65 bits per heavy atom. The Bertz CT molecular complexity index is 1490. The number of nitrogens with one attached hydrogen (secondary N) is 1. The lowest BCUT2D eigenvalue weighted by atomic mass is 9.92. The van der Waals surface area contributed by atoms with Crippen molar-refractivity contribution in [3.8, 4) is 23.0 Å². The number of halogens is 1. The van der Waals surface area contributed by atoms with Crippen LogP contribution in [-0.4, -0.2) is 25.7 Å². The van der Waals surface area contributed by atoms with E-state index >= 15 is 0 Å². The summed E-state index contributed by atoms with van der Waals surface area (Å²) >= 11 is 6.22. The van der Waals surface area contributed by atoms with Gasteiger partial charge in [0.05, 0.1) is 20.3 Å². The molecule has 3 aromatic carbocycles. The molecule has 206 valence electrons. The molecule has 0 fully saturated rings. The molecule has 6 nitrogen and oxygen atoms in total. The highest BCUT2D eigenvalue weighted by Gasteiger charge is 2.21. The Balaban J connectivity index is 1.36. The van der Waals surface area contributed by atoms with Gasteiger partial charge in [-0.3, -0.25) is 0 Å². The third-order valence-corrected chi connectivity index (χ3v) is 7.34. The third kappa shape index (κ3) is 6.41. The molecule has 0 aliphatic carbocycles. The molecule has 0 spiro atoms. The molecule has 1 unspecified atom stereocenters. The molecule has 7 heteroatoms. The summed E-state index contributed by atoms with van der Waals surface area (Å²) in [5.41, 5.74) is 6.48. The van der Waals surface area contributed by atoms with Gasteiger partial charge in [0.25, 0.3) is 0 Å². The fourth-order valence-electron chi connectivity index (χ4n) is 4.79. The number of aryl methyl sites for hydroxylation is 1. The third-order valence-electron chi connectivity index (χ3n) is 7.00. The molecular weight excluding hydrogens is 524 g/mol. The first-order valence-corrected chi connectivity index (χ1v) is 13.6. The Hall–Kier alpha value is -4.00. The summed E-state index contributed by atoms with van der Waals surface area (Å²) in [6, 6.07) is 22.1. The zero-order valence-corrected chi connectivity index (χ0v) is 23.7. The van der Waals surface area contributed by atoms with Crippen LogP contribution in [0.15, 0.2) is 79.0 Å². The molecule has 1 aliphatic heterocycles. The van der Waals surface area contributed by atoms with Crippen molar-refractivity contribution >= 4 is 17.7 Å². The number of ether oxygens (including phenoxy) is 4. The second-order valence-electron chi connectivity index (χ2n) is 9.62. The molecule has 1 aromatic heterocycles. The number of methoxy groups -OCH3 is 2. The van der Waals surface area contributed by atoms with E-state index in [1.165, 1.54) is 11.1 Å². The van der Waals surface area contributed by atoms with Gasteiger partial charge < -0.3 is 24.3 Å². The number of fused-ring (bicyclic) bond motifs is 1. The van der Waals surface area contributed by atoms with Crippen LogP contribution >= 0.6 is 11.6 Å². The molecule has 0 bridgehead atoms. The van der Waals surface area contributed by atoms with E-state index in [1.807, 2.05) is 42.5 Å². The van der Waals surface area contributed by atoms with Gasteiger partial charge in [-0.15, -0.1) is 0 Å². The molecule has 1 N–H and O–H groups in total. The molecule has 1 atom stereocenters. The molecule has 40 heavy (non-hydrogen) atoms. The fourth-order valence-corrected chi connectivity index (χ4v) is 4.96. The predicted molar refractivity (Wildman–Crippen MR) is 159 cm³/mol. The van der Waals surface area contributed by atoms with Crippen molar-refractivity contribution in [3.63, 3.8) is 0 Å². The average molecular weight is 557 g/mol. The van der Waals surface area contributed by atoms with E-state index in [2.05, 4.69) is 53.6 Å². The second-order valence-corrected chi connectivity index (χ2v) is 9.98. The molecule has 4 aromatic rings. The molecular formula is C33H33ClN2O4. The van der Waals surface area contributed by atoms with Crippen LogP contribution in [0.3, 0.4) is 0 Å². The summed E-state index contributed by atoms with van der Waals surface area (Å²) in [6.07, 6.45) is 6.88. The van der Waals surface area contributed by atoms with E-state index in [-0.39, 0.29) is 6.04 Å². The molecule has 0 radical (unpaired) electrons. The molecule has 2 heterocycles. The highest BCUT2D eigenvalue weighted by molar-refractivity contribution is 6.30. The van der Waals surface area contributed by atoms with E-state index in [0.717, 1.165) is 46.7 Å². The number of nitrogens with zero attached hydrogens (tertiary/aromatic N) is 1. The van der Waals surface area contributed by atoms with Crippen LogP contribution in [0.4, 0.5) is 0 Å². The van der Waals surface area contributed by atoms with E-state index in [9.17, 15) is 0 Å². The second kappa shape index (κ2) is 12.9. The van der Waals surface area contributed by atoms with Gasteiger partial charge in [0.2, 0.25) is 0 Å². The van der Waals surface area contributed by atoms with Crippen LogP contribution < -0.4 is 24.3 Å². The summed E-state index contributed by atoms with van der Waals surface area (Å²) in [7, 11) is 3.32. The summed E-state index contributed by atoms with van der Waals surface area (Å²) in [5, 5.41) is 4.05. The Morgan fingerprint density at radius 3 is 2.42 bits per heavy atom. The summed E-state index contributed by atoms with van der Waals surface area (Å²) in [6.45, 7) is 3.72. The van der Waals surface area contributed by atoms with Crippen LogP contribution in [0.5, 0.6) is 23.0 Å². The maximum absolute atomic E-state index is 6.22.